The predicted molar refractivity (Wildman–Crippen MR) is 79.4 cm³/mol. The maximum Gasteiger partial charge on any atom is 0.470 e. The van der Waals surface area contributed by atoms with Gasteiger partial charge in [0.05, 0.1) is 17.5 Å². The Morgan fingerprint density at radius 1 is 1.18 bits per heavy atom. The summed E-state index contributed by atoms with van der Waals surface area (Å²) >= 11 is 0. The molecule has 0 amide bonds. The summed E-state index contributed by atoms with van der Waals surface area (Å²) in [4.78, 5) is 0. The van der Waals surface area contributed by atoms with Crippen LogP contribution in [0.4, 0.5) is 13.2 Å². The van der Waals surface area contributed by atoms with E-state index in [4.69, 9.17) is 9.31 Å². The predicted octanol–water partition coefficient (Wildman–Crippen LogP) is 4.69. The van der Waals surface area contributed by atoms with E-state index in [9.17, 15) is 13.2 Å². The van der Waals surface area contributed by atoms with E-state index in [-0.39, 0.29) is 23.9 Å². The van der Waals surface area contributed by atoms with Crippen molar-refractivity contribution in [2.45, 2.75) is 77.6 Å². The van der Waals surface area contributed by atoms with E-state index in [1.54, 1.807) is 0 Å². The first-order chi connectivity index (χ1) is 9.96. The van der Waals surface area contributed by atoms with E-state index < -0.39 is 24.7 Å². The zero-order valence-electron chi connectivity index (χ0n) is 14.0. The molecule has 0 radical (unpaired) electrons. The lowest BCUT2D eigenvalue weighted by Gasteiger charge is -2.64. The van der Waals surface area contributed by atoms with Crippen molar-refractivity contribution in [1.29, 1.82) is 0 Å². The van der Waals surface area contributed by atoms with Crippen molar-refractivity contribution in [3.8, 4) is 0 Å². The number of hydrogen-bond donors (Lipinski definition) is 0. The third-order valence-electron chi connectivity index (χ3n) is 6.44. The molecule has 4 aliphatic rings. The van der Waals surface area contributed by atoms with Crippen molar-refractivity contribution >= 4 is 7.12 Å². The Hall–Kier alpha value is -0.225. The van der Waals surface area contributed by atoms with Crippen molar-refractivity contribution in [1.82, 2.24) is 0 Å². The highest BCUT2D eigenvalue weighted by Crippen LogP contribution is 2.66. The van der Waals surface area contributed by atoms with Gasteiger partial charge in [0.2, 0.25) is 0 Å². The van der Waals surface area contributed by atoms with Crippen LogP contribution in [0.2, 0.25) is 5.82 Å². The average Bonchev–Trinajstić information content (AvgIpc) is 2.70. The van der Waals surface area contributed by atoms with Crippen LogP contribution in [0.1, 0.15) is 53.9 Å². The second kappa shape index (κ2) is 4.89. The lowest BCUT2D eigenvalue weighted by molar-refractivity contribution is -0.200. The number of hydrogen-bond acceptors (Lipinski definition) is 2. The molecule has 1 saturated heterocycles. The first kappa shape index (κ1) is 16.6. The highest BCUT2D eigenvalue weighted by atomic mass is 19.4. The molecule has 3 saturated carbocycles. The van der Waals surface area contributed by atoms with Crippen LogP contribution in [-0.4, -0.2) is 25.0 Å². The number of alkyl halides is 3. The summed E-state index contributed by atoms with van der Waals surface area (Å²) in [7, 11) is -1.15. The Labute approximate surface area is 131 Å². The first-order valence-corrected chi connectivity index (χ1v) is 8.36. The highest BCUT2D eigenvalue weighted by molar-refractivity contribution is 6.47. The summed E-state index contributed by atoms with van der Waals surface area (Å²) in [5.41, 5.74) is -0.418. The van der Waals surface area contributed by atoms with Crippen LogP contribution in [0.15, 0.2) is 0 Å². The molecule has 2 nitrogen and oxygen atoms in total. The van der Waals surface area contributed by atoms with Crippen molar-refractivity contribution in [2.75, 3.05) is 0 Å². The van der Waals surface area contributed by atoms with Crippen LogP contribution in [-0.2, 0) is 9.31 Å². The minimum atomic E-state index is -4.28. The van der Waals surface area contributed by atoms with Crippen LogP contribution in [0.25, 0.3) is 0 Å². The second-order valence-electron chi connectivity index (χ2n) is 8.61. The largest absolute Gasteiger partial charge is 0.470 e. The van der Waals surface area contributed by atoms with Crippen LogP contribution in [0.5, 0.6) is 0 Å². The van der Waals surface area contributed by atoms with Gasteiger partial charge in [0.15, 0.2) is 0 Å². The topological polar surface area (TPSA) is 18.5 Å². The Bertz CT molecular complexity index is 451. The van der Waals surface area contributed by atoms with E-state index in [2.05, 4.69) is 13.8 Å². The molecule has 0 spiro atoms. The number of halogens is 3. The molecule has 0 aromatic carbocycles. The smallest absolute Gasteiger partial charge is 0.405 e. The molecule has 4 fully saturated rings. The van der Waals surface area contributed by atoms with Crippen molar-refractivity contribution < 1.29 is 22.5 Å². The normalized spacial score (nSPS) is 41.3. The van der Waals surface area contributed by atoms with Gasteiger partial charge >= 0.3 is 13.3 Å². The molecule has 126 valence electrons. The average molecular weight is 318 g/mol. The van der Waals surface area contributed by atoms with Gasteiger partial charge in [-0.25, -0.2) is 0 Å². The second-order valence-corrected chi connectivity index (χ2v) is 8.61. The quantitative estimate of drug-likeness (QED) is 0.703. The standard InChI is InChI=1S/C16H26BF3O2/c1-9(2)6-12(16(18,19)20)17-21-13-8-10-7-11(14(10,3)4)15(13,5)22-17/h9-13H,6-8H2,1-5H3/t10-,11?,12+,13+,15-/m0/s1. The van der Waals surface area contributed by atoms with Gasteiger partial charge in [0.25, 0.3) is 0 Å². The Morgan fingerprint density at radius 3 is 2.32 bits per heavy atom. The molecule has 1 unspecified atom stereocenters. The molecule has 0 aromatic heterocycles. The Morgan fingerprint density at radius 2 is 1.82 bits per heavy atom. The monoisotopic (exact) mass is 318 g/mol. The van der Waals surface area contributed by atoms with Gasteiger partial charge in [-0.3, -0.25) is 0 Å². The molecule has 1 aliphatic heterocycles. The maximum absolute atomic E-state index is 13.4. The Balaban J connectivity index is 1.81. The first-order valence-electron chi connectivity index (χ1n) is 8.36. The summed E-state index contributed by atoms with van der Waals surface area (Å²) in [6.45, 7) is 9.99. The fourth-order valence-corrected chi connectivity index (χ4v) is 4.98. The molecular weight excluding hydrogens is 292 g/mol. The molecule has 0 aromatic rings. The van der Waals surface area contributed by atoms with Gasteiger partial charge in [-0.15, -0.1) is 0 Å². The zero-order valence-corrected chi connectivity index (χ0v) is 14.0. The molecule has 3 aliphatic carbocycles. The summed E-state index contributed by atoms with van der Waals surface area (Å²) < 4.78 is 52.1. The Kier molecular flexibility index (Phi) is 3.69. The summed E-state index contributed by atoms with van der Waals surface area (Å²) in [6, 6.07) is 0. The van der Waals surface area contributed by atoms with E-state index in [0.29, 0.717) is 11.8 Å². The van der Waals surface area contributed by atoms with Crippen LogP contribution in [0.3, 0.4) is 0 Å². The molecule has 1 heterocycles. The molecule has 5 atom stereocenters. The zero-order chi connectivity index (χ0) is 16.5. The summed E-state index contributed by atoms with van der Waals surface area (Å²) in [6.07, 6.45) is -2.54. The van der Waals surface area contributed by atoms with E-state index in [1.165, 1.54) is 0 Å². The van der Waals surface area contributed by atoms with Crippen LogP contribution >= 0.6 is 0 Å². The molecular formula is C16H26BF3O2. The summed E-state index contributed by atoms with van der Waals surface area (Å²) in [5, 5.41) is 0. The van der Waals surface area contributed by atoms with Gasteiger partial charge < -0.3 is 9.31 Å². The molecule has 0 N–H and O–H groups in total. The minimum absolute atomic E-state index is 0.0422. The minimum Gasteiger partial charge on any atom is -0.405 e. The van der Waals surface area contributed by atoms with Gasteiger partial charge in [-0.1, -0.05) is 27.7 Å². The lowest BCUT2D eigenvalue weighted by atomic mass is 9.43. The van der Waals surface area contributed by atoms with Crippen molar-refractivity contribution in [3.05, 3.63) is 0 Å². The third kappa shape index (κ3) is 2.32. The third-order valence-corrected chi connectivity index (χ3v) is 6.44. The highest BCUT2D eigenvalue weighted by Gasteiger charge is 2.69. The van der Waals surface area contributed by atoms with Gasteiger partial charge in [0.1, 0.15) is 0 Å². The lowest BCUT2D eigenvalue weighted by Crippen LogP contribution is -2.65. The van der Waals surface area contributed by atoms with Crippen LogP contribution in [0, 0.1) is 23.2 Å². The van der Waals surface area contributed by atoms with E-state index in [0.717, 1.165) is 12.8 Å². The SMILES string of the molecule is CC(C)C[C@@H](B1O[C@@H]2C[C@@H]3CC(C3(C)C)[C@]2(C)O1)C(F)(F)F. The fourth-order valence-electron chi connectivity index (χ4n) is 4.98. The van der Waals surface area contributed by atoms with Crippen LogP contribution < -0.4 is 0 Å². The molecule has 2 bridgehead atoms. The van der Waals surface area contributed by atoms with Crippen molar-refractivity contribution in [2.24, 2.45) is 23.2 Å². The van der Waals surface area contributed by atoms with Gasteiger partial charge in [-0.2, -0.15) is 13.2 Å². The number of rotatable bonds is 3. The van der Waals surface area contributed by atoms with E-state index >= 15 is 0 Å². The molecule has 22 heavy (non-hydrogen) atoms. The van der Waals surface area contributed by atoms with E-state index in [1.807, 2.05) is 20.8 Å². The fraction of sp³-hybridized carbons (Fsp3) is 1.00. The molecule has 4 rings (SSSR count). The van der Waals surface area contributed by atoms with Gasteiger partial charge in [0, 0.05) is 0 Å². The molecule has 6 heteroatoms. The van der Waals surface area contributed by atoms with Crippen molar-refractivity contribution in [3.63, 3.8) is 0 Å². The maximum atomic E-state index is 13.4. The summed E-state index contributed by atoms with van der Waals surface area (Å²) in [5.74, 6) is -0.733. The van der Waals surface area contributed by atoms with Gasteiger partial charge in [-0.05, 0) is 49.4 Å².